The molecule has 1 aromatic rings. The lowest BCUT2D eigenvalue weighted by atomic mass is 10.2. The molecule has 134 valence electrons. The highest BCUT2D eigenvalue weighted by molar-refractivity contribution is 5.92. The lowest BCUT2D eigenvalue weighted by Crippen LogP contribution is -2.35. The number of hydrogen-bond acceptors (Lipinski definition) is 5. The number of carbonyl (C=O) groups excluding carboxylic acids is 1. The number of anilines is 1. The molecule has 0 aromatic carbocycles. The van der Waals surface area contributed by atoms with Crippen molar-refractivity contribution in [3.05, 3.63) is 17.5 Å². The van der Waals surface area contributed by atoms with Gasteiger partial charge in [0.15, 0.2) is 0 Å². The molecule has 0 radical (unpaired) electrons. The van der Waals surface area contributed by atoms with Crippen LogP contribution in [0, 0.1) is 6.92 Å². The van der Waals surface area contributed by atoms with E-state index in [1.54, 1.807) is 6.07 Å². The second kappa shape index (κ2) is 9.57. The minimum atomic E-state index is -0.108. The lowest BCUT2D eigenvalue weighted by Gasteiger charge is -2.21. The fraction of sp³-hybridized carbons (Fsp3) is 0.722. The van der Waals surface area contributed by atoms with E-state index in [1.807, 2.05) is 6.92 Å². The Morgan fingerprint density at radius 1 is 1.17 bits per heavy atom. The van der Waals surface area contributed by atoms with Gasteiger partial charge in [0.1, 0.15) is 5.69 Å². The standard InChI is InChI=1S/C18H31N5O/c1-4-22(5-2)13-10-19-17(24)16-14-15(3)20-18(21-16)23-11-8-6-7-9-12-23/h14H,4-13H2,1-3H3,(H,19,24). The number of aryl methyl sites for hydroxylation is 1. The minimum Gasteiger partial charge on any atom is -0.349 e. The number of nitrogens with one attached hydrogen (secondary N) is 1. The summed E-state index contributed by atoms with van der Waals surface area (Å²) in [6.07, 6.45) is 4.87. The molecule has 24 heavy (non-hydrogen) atoms. The third-order valence-electron chi connectivity index (χ3n) is 4.57. The van der Waals surface area contributed by atoms with Crippen LogP contribution in [0.4, 0.5) is 5.95 Å². The van der Waals surface area contributed by atoms with Crippen LogP contribution >= 0.6 is 0 Å². The van der Waals surface area contributed by atoms with Crippen molar-refractivity contribution in [2.45, 2.75) is 46.5 Å². The predicted octanol–water partition coefficient (Wildman–Crippen LogP) is 2.24. The highest BCUT2D eigenvalue weighted by Crippen LogP contribution is 2.16. The number of carbonyl (C=O) groups is 1. The predicted molar refractivity (Wildman–Crippen MR) is 97.6 cm³/mol. The highest BCUT2D eigenvalue weighted by Gasteiger charge is 2.16. The van der Waals surface area contributed by atoms with Gasteiger partial charge in [-0.1, -0.05) is 26.7 Å². The molecule has 0 saturated carbocycles. The number of aromatic nitrogens is 2. The highest BCUT2D eigenvalue weighted by atomic mass is 16.1. The monoisotopic (exact) mass is 333 g/mol. The van der Waals surface area contributed by atoms with Gasteiger partial charge in [0.05, 0.1) is 0 Å². The normalized spacial score (nSPS) is 15.4. The van der Waals surface area contributed by atoms with E-state index in [-0.39, 0.29) is 5.91 Å². The fourth-order valence-corrected chi connectivity index (χ4v) is 3.04. The van der Waals surface area contributed by atoms with Crippen LogP contribution in [0.5, 0.6) is 0 Å². The number of rotatable bonds is 7. The van der Waals surface area contributed by atoms with Crippen molar-refractivity contribution >= 4 is 11.9 Å². The van der Waals surface area contributed by atoms with Crippen molar-refractivity contribution in [1.82, 2.24) is 20.2 Å². The van der Waals surface area contributed by atoms with E-state index in [1.165, 1.54) is 25.7 Å². The first-order valence-electron chi connectivity index (χ1n) is 9.25. The van der Waals surface area contributed by atoms with Crippen LogP contribution in [0.15, 0.2) is 6.07 Å². The Labute approximate surface area is 145 Å². The van der Waals surface area contributed by atoms with Crippen LogP contribution < -0.4 is 10.2 Å². The number of amides is 1. The minimum absolute atomic E-state index is 0.108. The molecule has 2 rings (SSSR count). The summed E-state index contributed by atoms with van der Waals surface area (Å²) in [5.41, 5.74) is 1.32. The Balaban J connectivity index is 2.00. The number of nitrogens with zero attached hydrogens (tertiary/aromatic N) is 4. The summed E-state index contributed by atoms with van der Waals surface area (Å²) in [6.45, 7) is 11.6. The summed E-state index contributed by atoms with van der Waals surface area (Å²) in [5.74, 6) is 0.592. The molecule has 1 aliphatic rings. The molecule has 0 bridgehead atoms. The van der Waals surface area contributed by atoms with Gasteiger partial charge in [-0.3, -0.25) is 4.79 Å². The Kier molecular flexibility index (Phi) is 7.43. The van der Waals surface area contributed by atoms with Gasteiger partial charge in [0.25, 0.3) is 5.91 Å². The molecule has 6 heteroatoms. The van der Waals surface area contributed by atoms with Crippen molar-refractivity contribution in [2.24, 2.45) is 0 Å². The zero-order valence-corrected chi connectivity index (χ0v) is 15.3. The molecule has 1 saturated heterocycles. The fourth-order valence-electron chi connectivity index (χ4n) is 3.04. The van der Waals surface area contributed by atoms with E-state index in [0.717, 1.165) is 38.4 Å². The van der Waals surface area contributed by atoms with Crippen LogP contribution in [-0.4, -0.2) is 60.0 Å². The first-order chi connectivity index (χ1) is 11.6. The molecular weight excluding hydrogens is 302 g/mol. The maximum absolute atomic E-state index is 12.4. The van der Waals surface area contributed by atoms with Crippen LogP contribution in [0.3, 0.4) is 0 Å². The summed E-state index contributed by atoms with van der Waals surface area (Å²) in [5, 5.41) is 2.98. The third kappa shape index (κ3) is 5.44. The van der Waals surface area contributed by atoms with Crippen LogP contribution in [0.1, 0.15) is 55.7 Å². The average molecular weight is 333 g/mol. The summed E-state index contributed by atoms with van der Waals surface area (Å²) >= 11 is 0. The molecule has 1 fully saturated rings. The Bertz CT molecular complexity index is 522. The van der Waals surface area contributed by atoms with Crippen molar-refractivity contribution in [1.29, 1.82) is 0 Å². The van der Waals surface area contributed by atoms with Gasteiger partial charge in [0, 0.05) is 31.9 Å². The largest absolute Gasteiger partial charge is 0.349 e. The summed E-state index contributed by atoms with van der Waals surface area (Å²) in [7, 11) is 0. The summed E-state index contributed by atoms with van der Waals surface area (Å²) < 4.78 is 0. The second-order valence-electron chi connectivity index (χ2n) is 6.38. The van der Waals surface area contributed by atoms with Crippen molar-refractivity contribution in [3.63, 3.8) is 0 Å². The first kappa shape index (κ1) is 18.6. The van der Waals surface area contributed by atoms with Gasteiger partial charge in [-0.15, -0.1) is 0 Å². The van der Waals surface area contributed by atoms with E-state index in [0.29, 0.717) is 18.2 Å². The van der Waals surface area contributed by atoms with Gasteiger partial charge < -0.3 is 15.1 Å². The molecule has 1 aliphatic heterocycles. The van der Waals surface area contributed by atoms with Crippen LogP contribution in [-0.2, 0) is 0 Å². The van der Waals surface area contributed by atoms with E-state index in [4.69, 9.17) is 0 Å². The van der Waals surface area contributed by atoms with Gasteiger partial charge >= 0.3 is 0 Å². The van der Waals surface area contributed by atoms with Gasteiger partial charge in [-0.2, -0.15) is 0 Å². The molecule has 0 spiro atoms. The summed E-state index contributed by atoms with van der Waals surface area (Å²) in [4.78, 5) is 26.0. The van der Waals surface area contributed by atoms with Crippen molar-refractivity contribution < 1.29 is 4.79 Å². The van der Waals surface area contributed by atoms with Gasteiger partial charge in [0.2, 0.25) is 5.95 Å². The molecule has 0 unspecified atom stereocenters. The number of hydrogen-bond donors (Lipinski definition) is 1. The topological polar surface area (TPSA) is 61.4 Å². The van der Waals surface area contributed by atoms with Crippen LogP contribution in [0.2, 0.25) is 0 Å². The molecule has 1 aromatic heterocycles. The molecule has 0 atom stereocenters. The third-order valence-corrected chi connectivity index (χ3v) is 4.57. The Morgan fingerprint density at radius 2 is 1.83 bits per heavy atom. The van der Waals surface area contributed by atoms with Crippen LogP contribution in [0.25, 0.3) is 0 Å². The van der Waals surface area contributed by atoms with Gasteiger partial charge in [-0.05, 0) is 38.9 Å². The quantitative estimate of drug-likeness (QED) is 0.829. The maximum atomic E-state index is 12.4. The zero-order valence-electron chi connectivity index (χ0n) is 15.3. The average Bonchev–Trinajstić information content (AvgIpc) is 2.87. The molecule has 2 heterocycles. The number of likely N-dealkylation sites (N-methyl/N-ethyl adjacent to an activating group) is 1. The van der Waals surface area contributed by atoms with Crippen molar-refractivity contribution in [2.75, 3.05) is 44.2 Å². The first-order valence-corrected chi connectivity index (χ1v) is 9.25. The maximum Gasteiger partial charge on any atom is 0.270 e. The molecule has 6 nitrogen and oxygen atoms in total. The lowest BCUT2D eigenvalue weighted by molar-refractivity contribution is 0.0943. The molecular formula is C18H31N5O. The molecule has 0 aliphatic carbocycles. The molecule has 1 amide bonds. The van der Waals surface area contributed by atoms with E-state index in [2.05, 4.69) is 38.9 Å². The Hall–Kier alpha value is -1.69. The Morgan fingerprint density at radius 3 is 2.46 bits per heavy atom. The smallest absolute Gasteiger partial charge is 0.270 e. The molecule has 1 N–H and O–H groups in total. The zero-order chi connectivity index (χ0) is 17.4. The van der Waals surface area contributed by atoms with Gasteiger partial charge in [-0.25, -0.2) is 9.97 Å². The summed E-state index contributed by atoms with van der Waals surface area (Å²) in [6, 6.07) is 1.77. The van der Waals surface area contributed by atoms with E-state index >= 15 is 0 Å². The van der Waals surface area contributed by atoms with Crippen molar-refractivity contribution in [3.8, 4) is 0 Å². The van der Waals surface area contributed by atoms with E-state index < -0.39 is 0 Å². The second-order valence-corrected chi connectivity index (χ2v) is 6.38. The van der Waals surface area contributed by atoms with E-state index in [9.17, 15) is 4.79 Å². The SMILES string of the molecule is CCN(CC)CCNC(=O)c1cc(C)nc(N2CCCCCC2)n1.